The van der Waals surface area contributed by atoms with Crippen molar-refractivity contribution in [3.63, 3.8) is 0 Å². The average Bonchev–Trinajstić information content (AvgIpc) is 2.74. The van der Waals surface area contributed by atoms with Gasteiger partial charge in [0.2, 0.25) is 0 Å². The van der Waals surface area contributed by atoms with Crippen molar-refractivity contribution in [2.75, 3.05) is 7.05 Å². The van der Waals surface area contributed by atoms with E-state index < -0.39 is 0 Å². The Labute approximate surface area is 136 Å². The molecule has 0 saturated heterocycles. The number of fused-ring (bicyclic) bond motifs is 1. The van der Waals surface area contributed by atoms with Gasteiger partial charge in [0.25, 0.3) is 5.91 Å². The SMILES string of the molecule is Cc1ncc(C(=O)N(C)Cc2n[nH]c3c2CCCCC3)c(C)n1. The summed E-state index contributed by atoms with van der Waals surface area (Å²) < 4.78 is 0. The van der Waals surface area contributed by atoms with Gasteiger partial charge in [-0.15, -0.1) is 0 Å². The third-order valence-corrected chi connectivity index (χ3v) is 4.46. The second-order valence-electron chi connectivity index (χ2n) is 6.27. The van der Waals surface area contributed by atoms with Gasteiger partial charge in [-0.05, 0) is 45.1 Å². The third kappa shape index (κ3) is 3.25. The van der Waals surface area contributed by atoms with Gasteiger partial charge in [0.15, 0.2) is 0 Å². The Balaban J connectivity index is 1.78. The number of rotatable bonds is 3. The van der Waals surface area contributed by atoms with Gasteiger partial charge in [-0.25, -0.2) is 9.97 Å². The normalized spacial score (nSPS) is 14.2. The van der Waals surface area contributed by atoms with Crippen molar-refractivity contribution >= 4 is 5.91 Å². The quantitative estimate of drug-likeness (QED) is 0.883. The number of amides is 1. The molecule has 2 aromatic rings. The highest BCUT2D eigenvalue weighted by atomic mass is 16.2. The van der Waals surface area contributed by atoms with Crippen molar-refractivity contribution in [2.45, 2.75) is 52.5 Å². The molecule has 0 bridgehead atoms. The Kier molecular flexibility index (Phi) is 4.41. The fourth-order valence-electron chi connectivity index (χ4n) is 3.15. The lowest BCUT2D eigenvalue weighted by Gasteiger charge is -2.17. The van der Waals surface area contributed by atoms with Gasteiger partial charge < -0.3 is 4.90 Å². The van der Waals surface area contributed by atoms with Gasteiger partial charge in [0.05, 0.1) is 23.5 Å². The summed E-state index contributed by atoms with van der Waals surface area (Å²) in [6, 6.07) is 0. The van der Waals surface area contributed by atoms with Crippen molar-refractivity contribution in [3.8, 4) is 0 Å². The highest BCUT2D eigenvalue weighted by molar-refractivity contribution is 5.94. The number of aryl methyl sites for hydroxylation is 3. The summed E-state index contributed by atoms with van der Waals surface area (Å²) in [5, 5.41) is 7.60. The van der Waals surface area contributed by atoms with Gasteiger partial charge in [-0.2, -0.15) is 5.10 Å². The number of nitrogens with one attached hydrogen (secondary N) is 1. The molecule has 2 aromatic heterocycles. The van der Waals surface area contributed by atoms with Crippen molar-refractivity contribution < 1.29 is 4.79 Å². The molecule has 6 nitrogen and oxygen atoms in total. The first kappa shape index (κ1) is 15.6. The van der Waals surface area contributed by atoms with Crippen molar-refractivity contribution in [2.24, 2.45) is 0 Å². The summed E-state index contributed by atoms with van der Waals surface area (Å²) >= 11 is 0. The van der Waals surface area contributed by atoms with Crippen LogP contribution in [-0.4, -0.2) is 38.0 Å². The third-order valence-electron chi connectivity index (χ3n) is 4.46. The molecule has 0 radical (unpaired) electrons. The van der Waals surface area contributed by atoms with E-state index in [9.17, 15) is 4.79 Å². The first-order chi connectivity index (χ1) is 11.1. The maximum Gasteiger partial charge on any atom is 0.257 e. The first-order valence-corrected chi connectivity index (χ1v) is 8.17. The minimum Gasteiger partial charge on any atom is -0.336 e. The highest BCUT2D eigenvalue weighted by Gasteiger charge is 2.20. The summed E-state index contributed by atoms with van der Waals surface area (Å²) in [4.78, 5) is 22.8. The Morgan fingerprint density at radius 1 is 1.26 bits per heavy atom. The summed E-state index contributed by atoms with van der Waals surface area (Å²) in [5.74, 6) is 0.618. The van der Waals surface area contributed by atoms with E-state index in [1.807, 2.05) is 13.8 Å². The minimum absolute atomic E-state index is 0.0622. The molecule has 1 aliphatic carbocycles. The van der Waals surface area contributed by atoms with E-state index in [1.54, 1.807) is 18.1 Å². The monoisotopic (exact) mass is 313 g/mol. The number of aromatic nitrogens is 4. The second-order valence-corrected chi connectivity index (χ2v) is 6.27. The van der Waals surface area contributed by atoms with Gasteiger partial charge in [0, 0.05) is 18.9 Å². The summed E-state index contributed by atoms with van der Waals surface area (Å²) in [5.41, 5.74) is 4.81. The smallest absolute Gasteiger partial charge is 0.257 e. The Morgan fingerprint density at radius 2 is 2.04 bits per heavy atom. The number of aromatic amines is 1. The molecule has 0 fully saturated rings. The van der Waals surface area contributed by atoms with Crippen molar-refractivity contribution in [1.29, 1.82) is 0 Å². The summed E-state index contributed by atoms with van der Waals surface area (Å²) in [7, 11) is 1.80. The molecule has 0 aromatic carbocycles. The Morgan fingerprint density at radius 3 is 2.83 bits per heavy atom. The molecule has 122 valence electrons. The maximum atomic E-state index is 12.6. The van der Waals surface area contributed by atoms with Crippen molar-refractivity contribution in [3.05, 3.63) is 40.2 Å². The van der Waals surface area contributed by atoms with Crippen LogP contribution in [0.3, 0.4) is 0 Å². The number of H-pyrrole nitrogens is 1. The molecule has 0 spiro atoms. The van der Waals surface area contributed by atoms with Crippen LogP contribution >= 0.6 is 0 Å². The summed E-state index contributed by atoms with van der Waals surface area (Å²) in [6.07, 6.45) is 7.39. The zero-order chi connectivity index (χ0) is 16.4. The fourth-order valence-corrected chi connectivity index (χ4v) is 3.15. The number of hydrogen-bond acceptors (Lipinski definition) is 4. The zero-order valence-electron chi connectivity index (χ0n) is 14.0. The van der Waals surface area contributed by atoms with E-state index in [2.05, 4.69) is 20.2 Å². The molecule has 23 heavy (non-hydrogen) atoms. The van der Waals surface area contributed by atoms with Gasteiger partial charge >= 0.3 is 0 Å². The molecule has 0 atom stereocenters. The molecule has 6 heteroatoms. The number of carbonyl (C=O) groups excluding carboxylic acids is 1. The lowest BCUT2D eigenvalue weighted by Crippen LogP contribution is -2.28. The minimum atomic E-state index is -0.0622. The first-order valence-electron chi connectivity index (χ1n) is 8.17. The Bertz CT molecular complexity index is 722. The average molecular weight is 313 g/mol. The van der Waals surface area contributed by atoms with Crippen LogP contribution in [0.4, 0.5) is 0 Å². The lowest BCUT2D eigenvalue weighted by atomic mass is 10.1. The molecule has 2 heterocycles. The van der Waals surface area contributed by atoms with Gasteiger partial charge in [0.1, 0.15) is 5.82 Å². The van der Waals surface area contributed by atoms with E-state index in [0.29, 0.717) is 17.9 Å². The molecular formula is C17H23N5O. The molecule has 3 rings (SSSR count). The van der Waals surface area contributed by atoms with E-state index >= 15 is 0 Å². The number of carbonyl (C=O) groups is 1. The lowest BCUT2D eigenvalue weighted by molar-refractivity contribution is 0.0781. The van der Waals surface area contributed by atoms with Gasteiger partial charge in [-0.3, -0.25) is 9.89 Å². The molecule has 0 saturated carbocycles. The predicted octanol–water partition coefficient (Wildman–Crippen LogP) is 2.36. The van der Waals surface area contributed by atoms with Crippen LogP contribution in [0.25, 0.3) is 0 Å². The van der Waals surface area contributed by atoms with E-state index in [4.69, 9.17) is 0 Å². The van der Waals surface area contributed by atoms with E-state index in [0.717, 1.165) is 24.2 Å². The largest absolute Gasteiger partial charge is 0.336 e. The van der Waals surface area contributed by atoms with Crippen molar-refractivity contribution in [1.82, 2.24) is 25.1 Å². The van der Waals surface area contributed by atoms with Crippen LogP contribution in [0.15, 0.2) is 6.20 Å². The van der Waals surface area contributed by atoms with Crippen LogP contribution in [0.2, 0.25) is 0 Å². The van der Waals surface area contributed by atoms with Crippen LogP contribution in [-0.2, 0) is 19.4 Å². The molecule has 1 aliphatic rings. The molecule has 0 aliphatic heterocycles. The van der Waals surface area contributed by atoms with Crippen LogP contribution in [0, 0.1) is 13.8 Å². The standard InChI is InChI=1S/C17H23N5O/c1-11-14(9-18-12(2)19-11)17(23)22(3)10-16-13-7-5-4-6-8-15(13)20-21-16/h9H,4-8,10H2,1-3H3,(H,20,21). The maximum absolute atomic E-state index is 12.6. The van der Waals surface area contributed by atoms with Gasteiger partial charge in [-0.1, -0.05) is 6.42 Å². The molecular weight excluding hydrogens is 290 g/mol. The second kappa shape index (κ2) is 6.48. The number of hydrogen-bond donors (Lipinski definition) is 1. The van der Waals surface area contributed by atoms with E-state index in [-0.39, 0.29) is 5.91 Å². The van der Waals surface area contributed by atoms with E-state index in [1.165, 1.54) is 30.5 Å². The van der Waals surface area contributed by atoms with Crippen LogP contribution in [0.5, 0.6) is 0 Å². The fraction of sp³-hybridized carbons (Fsp3) is 0.529. The molecule has 1 N–H and O–H groups in total. The van der Waals surface area contributed by atoms with Crippen LogP contribution < -0.4 is 0 Å². The topological polar surface area (TPSA) is 74.8 Å². The Hall–Kier alpha value is -2.24. The zero-order valence-corrected chi connectivity index (χ0v) is 14.0. The summed E-state index contributed by atoms with van der Waals surface area (Å²) in [6.45, 7) is 4.18. The number of nitrogens with zero attached hydrogens (tertiary/aromatic N) is 4. The highest BCUT2D eigenvalue weighted by Crippen LogP contribution is 2.22. The molecule has 0 unspecified atom stereocenters. The molecule has 1 amide bonds. The predicted molar refractivity (Wildman–Crippen MR) is 87.2 cm³/mol. The van der Waals surface area contributed by atoms with Crippen LogP contribution in [0.1, 0.15) is 58.1 Å².